The van der Waals surface area contributed by atoms with E-state index < -0.39 is 0 Å². The molecule has 4 aromatic rings. The van der Waals surface area contributed by atoms with Crippen LogP contribution in [0.1, 0.15) is 0 Å². The van der Waals surface area contributed by atoms with Gasteiger partial charge in [0.1, 0.15) is 0 Å². The van der Waals surface area contributed by atoms with Gasteiger partial charge in [-0.2, -0.15) is 0 Å². The second-order valence-corrected chi connectivity index (χ2v) is 5.62. The molecule has 1 heterocycles. The molecule has 0 N–H and O–H groups in total. The van der Waals surface area contributed by atoms with Crippen LogP contribution in [0.3, 0.4) is 0 Å². The maximum Gasteiger partial charge on any atom is 0.0355 e. The van der Waals surface area contributed by atoms with Gasteiger partial charge in [0.05, 0.1) is 0 Å². The lowest BCUT2D eigenvalue weighted by atomic mass is 9.96. The average molecular weight is 260 g/mol. The summed E-state index contributed by atoms with van der Waals surface area (Å²) in [7, 11) is 0. The molecule has 0 unspecified atom stereocenters. The second kappa shape index (κ2) is 4.22. The van der Waals surface area contributed by atoms with E-state index in [1.54, 1.807) is 11.3 Å². The fourth-order valence-electron chi connectivity index (χ4n) is 2.70. The van der Waals surface area contributed by atoms with Crippen molar-refractivity contribution < 1.29 is 0 Å². The minimum atomic E-state index is 1.31. The highest BCUT2D eigenvalue weighted by Crippen LogP contribution is 2.38. The average Bonchev–Trinajstić information content (AvgIpc) is 2.98. The summed E-state index contributed by atoms with van der Waals surface area (Å²) < 4.78 is 0. The van der Waals surface area contributed by atoms with Gasteiger partial charge in [-0.1, -0.05) is 54.6 Å². The van der Waals surface area contributed by atoms with Crippen LogP contribution in [-0.2, 0) is 0 Å². The van der Waals surface area contributed by atoms with E-state index in [0.717, 1.165) is 0 Å². The lowest BCUT2D eigenvalue weighted by molar-refractivity contribution is 1.75. The smallest absolute Gasteiger partial charge is 0.0355 e. The van der Waals surface area contributed by atoms with Crippen molar-refractivity contribution in [2.45, 2.75) is 0 Å². The van der Waals surface area contributed by atoms with E-state index in [1.807, 2.05) is 0 Å². The summed E-state index contributed by atoms with van der Waals surface area (Å²) >= 11 is 1.81. The second-order valence-electron chi connectivity index (χ2n) is 4.67. The highest BCUT2D eigenvalue weighted by Gasteiger charge is 2.09. The molecule has 0 spiro atoms. The van der Waals surface area contributed by atoms with Gasteiger partial charge in [0.2, 0.25) is 0 Å². The van der Waals surface area contributed by atoms with Crippen LogP contribution in [0.5, 0.6) is 0 Å². The molecule has 3 aromatic carbocycles. The van der Waals surface area contributed by atoms with Gasteiger partial charge >= 0.3 is 0 Å². The molecule has 1 heteroatoms. The fraction of sp³-hybridized carbons (Fsp3) is 0. The third kappa shape index (κ3) is 1.66. The van der Waals surface area contributed by atoms with E-state index in [4.69, 9.17) is 0 Å². The van der Waals surface area contributed by atoms with E-state index in [0.29, 0.717) is 0 Å². The van der Waals surface area contributed by atoms with Crippen LogP contribution in [0.2, 0.25) is 0 Å². The molecule has 0 bridgehead atoms. The topological polar surface area (TPSA) is 0 Å². The van der Waals surface area contributed by atoms with E-state index >= 15 is 0 Å². The Hall–Kier alpha value is -2.12. The summed E-state index contributed by atoms with van der Waals surface area (Å²) in [6.07, 6.45) is 0. The van der Waals surface area contributed by atoms with Gasteiger partial charge in [-0.05, 0) is 39.1 Å². The van der Waals surface area contributed by atoms with Crippen LogP contribution >= 0.6 is 11.3 Å². The van der Waals surface area contributed by atoms with E-state index in [2.05, 4.69) is 72.1 Å². The van der Waals surface area contributed by atoms with Gasteiger partial charge < -0.3 is 0 Å². The van der Waals surface area contributed by atoms with Crippen molar-refractivity contribution in [3.8, 4) is 10.4 Å². The molecule has 90 valence electrons. The number of thiophene rings is 1. The highest BCUT2D eigenvalue weighted by molar-refractivity contribution is 7.13. The SMILES string of the molecule is c1csc(-c2c3ccccc3cc3ccccc23)c1. The van der Waals surface area contributed by atoms with Gasteiger partial charge in [0.25, 0.3) is 0 Å². The third-order valence-corrected chi connectivity index (χ3v) is 4.43. The molecular formula is C18H12S. The van der Waals surface area contributed by atoms with Crippen LogP contribution in [0.25, 0.3) is 32.0 Å². The Labute approximate surface area is 115 Å². The van der Waals surface area contributed by atoms with Crippen molar-refractivity contribution in [1.29, 1.82) is 0 Å². The number of rotatable bonds is 1. The highest BCUT2D eigenvalue weighted by atomic mass is 32.1. The Kier molecular flexibility index (Phi) is 2.39. The molecule has 0 aliphatic carbocycles. The van der Waals surface area contributed by atoms with Gasteiger partial charge in [-0.25, -0.2) is 0 Å². The Bertz CT molecular complexity index is 803. The molecule has 0 fully saturated rings. The maximum atomic E-state index is 2.28. The van der Waals surface area contributed by atoms with Crippen LogP contribution in [0, 0.1) is 0 Å². The maximum absolute atomic E-state index is 2.28. The fourth-order valence-corrected chi connectivity index (χ4v) is 3.50. The predicted molar refractivity (Wildman–Crippen MR) is 84.8 cm³/mol. The lowest BCUT2D eigenvalue weighted by Gasteiger charge is -2.10. The number of hydrogen-bond acceptors (Lipinski definition) is 1. The number of hydrogen-bond donors (Lipinski definition) is 0. The molecule has 0 saturated carbocycles. The molecular weight excluding hydrogens is 248 g/mol. The van der Waals surface area contributed by atoms with Gasteiger partial charge in [-0.3, -0.25) is 0 Å². The molecule has 0 nitrogen and oxygen atoms in total. The zero-order chi connectivity index (χ0) is 12.7. The van der Waals surface area contributed by atoms with E-state index in [-0.39, 0.29) is 0 Å². The number of benzene rings is 3. The van der Waals surface area contributed by atoms with Crippen LogP contribution in [0.4, 0.5) is 0 Å². The summed E-state index contributed by atoms with van der Waals surface area (Å²) in [5.41, 5.74) is 1.36. The van der Waals surface area contributed by atoms with Gasteiger partial charge in [0, 0.05) is 10.4 Å². The zero-order valence-electron chi connectivity index (χ0n) is 10.3. The van der Waals surface area contributed by atoms with Crippen LogP contribution < -0.4 is 0 Å². The van der Waals surface area contributed by atoms with Crippen LogP contribution in [0.15, 0.2) is 72.1 Å². The van der Waals surface area contributed by atoms with Crippen molar-refractivity contribution in [2.24, 2.45) is 0 Å². The quantitative estimate of drug-likeness (QED) is 0.384. The predicted octanol–water partition coefficient (Wildman–Crippen LogP) is 5.72. The first-order valence-corrected chi connectivity index (χ1v) is 7.26. The minimum Gasteiger partial charge on any atom is -0.144 e. The molecule has 1 aromatic heterocycles. The first-order valence-electron chi connectivity index (χ1n) is 6.38. The molecule has 0 radical (unpaired) electrons. The molecule has 4 rings (SSSR count). The summed E-state index contributed by atoms with van der Waals surface area (Å²) in [5.74, 6) is 0. The summed E-state index contributed by atoms with van der Waals surface area (Å²) in [4.78, 5) is 1.34. The Balaban J connectivity index is 2.27. The molecule has 0 aliphatic heterocycles. The largest absolute Gasteiger partial charge is 0.144 e. The van der Waals surface area contributed by atoms with E-state index in [1.165, 1.54) is 32.0 Å². The first kappa shape index (κ1) is 10.8. The molecule has 0 atom stereocenters. The monoisotopic (exact) mass is 260 g/mol. The minimum absolute atomic E-state index is 1.31. The van der Waals surface area contributed by atoms with Crippen molar-refractivity contribution in [1.82, 2.24) is 0 Å². The van der Waals surface area contributed by atoms with Gasteiger partial charge in [-0.15, -0.1) is 11.3 Å². The Morgan fingerprint density at radius 3 is 1.84 bits per heavy atom. The Morgan fingerprint density at radius 1 is 0.632 bits per heavy atom. The Morgan fingerprint density at radius 2 is 1.26 bits per heavy atom. The molecule has 19 heavy (non-hydrogen) atoms. The third-order valence-electron chi connectivity index (χ3n) is 3.54. The summed E-state index contributed by atoms with van der Waals surface area (Å²) in [6.45, 7) is 0. The summed E-state index contributed by atoms with van der Waals surface area (Å²) in [5, 5.41) is 7.44. The van der Waals surface area contributed by atoms with Crippen LogP contribution in [-0.4, -0.2) is 0 Å². The van der Waals surface area contributed by atoms with Gasteiger partial charge in [0.15, 0.2) is 0 Å². The normalized spacial score (nSPS) is 11.2. The first-order chi connectivity index (χ1) is 9.43. The van der Waals surface area contributed by atoms with Crippen molar-refractivity contribution in [2.75, 3.05) is 0 Å². The van der Waals surface area contributed by atoms with Crippen molar-refractivity contribution in [3.05, 3.63) is 72.1 Å². The zero-order valence-corrected chi connectivity index (χ0v) is 11.2. The van der Waals surface area contributed by atoms with Crippen molar-refractivity contribution in [3.63, 3.8) is 0 Å². The number of fused-ring (bicyclic) bond motifs is 2. The summed E-state index contributed by atoms with van der Waals surface area (Å²) in [6, 6.07) is 23.9. The van der Waals surface area contributed by atoms with E-state index in [9.17, 15) is 0 Å². The molecule has 0 saturated heterocycles. The lowest BCUT2D eigenvalue weighted by Crippen LogP contribution is -1.82. The molecule has 0 amide bonds. The molecule has 0 aliphatic rings. The van der Waals surface area contributed by atoms with Crippen molar-refractivity contribution >= 4 is 32.9 Å². The standard InChI is InChI=1S/C18H12S/c1-3-8-15-13(6-1)12-14-7-2-4-9-16(14)18(15)17-10-5-11-19-17/h1-12H.